The van der Waals surface area contributed by atoms with Crippen LogP contribution in [0.15, 0.2) is 59.0 Å². The lowest BCUT2D eigenvalue weighted by molar-refractivity contribution is -0.159. The van der Waals surface area contributed by atoms with Gasteiger partial charge in [-0.2, -0.15) is 0 Å². The second-order valence-electron chi connectivity index (χ2n) is 14.0. The van der Waals surface area contributed by atoms with Crippen molar-refractivity contribution < 1.29 is 37.8 Å². The molecule has 0 spiro atoms. The zero-order valence-electron chi connectivity index (χ0n) is 31.0. The van der Waals surface area contributed by atoms with Crippen LogP contribution in [0.2, 0.25) is 0 Å². The number of fused-ring (bicyclic) bond motifs is 3. The molecule has 16 nitrogen and oxygen atoms in total. The number of amides is 3. The average Bonchev–Trinajstić information content (AvgIpc) is 3.94. The van der Waals surface area contributed by atoms with Crippen molar-refractivity contribution in [1.29, 1.82) is 0 Å². The number of cyclic esters (lactones) is 1. The van der Waals surface area contributed by atoms with Crippen LogP contribution in [0, 0.1) is 18.8 Å². The first kappa shape index (κ1) is 39.9. The number of aromatic nitrogens is 3. The third kappa shape index (κ3) is 11.1. The van der Waals surface area contributed by atoms with E-state index in [0.717, 1.165) is 23.5 Å². The third-order valence-corrected chi connectivity index (χ3v) is 9.21. The van der Waals surface area contributed by atoms with Gasteiger partial charge in [0.15, 0.2) is 11.6 Å². The summed E-state index contributed by atoms with van der Waals surface area (Å²) in [4.78, 5) is 66.4. The maximum Gasteiger partial charge on any atom is 0.329 e. The molecular weight excluding hydrogens is 701 g/mol. The Labute approximate surface area is 313 Å². The SMILES string of the molecule is CC1=C\[C@@H](O)C[C@@H](F)Cc2nc(co2)C(=O)N2CCC[C@@H]2C(=O)O[C@H](C(C)C)[C@H](CC(=O)NCCN2C=C(c3cnc(C)[nH]3)NN2)/C=C/C(=O)NC\C=C\1. The fourth-order valence-electron chi connectivity index (χ4n) is 6.53. The second-order valence-corrected chi connectivity index (χ2v) is 14.0. The van der Waals surface area contributed by atoms with Crippen LogP contribution in [0.25, 0.3) is 5.70 Å². The van der Waals surface area contributed by atoms with Crippen LogP contribution in [-0.4, -0.2) is 104 Å². The summed E-state index contributed by atoms with van der Waals surface area (Å²) in [6.45, 7) is 8.45. The van der Waals surface area contributed by atoms with Crippen LogP contribution in [0.5, 0.6) is 0 Å². The first-order valence-corrected chi connectivity index (χ1v) is 18.2. The van der Waals surface area contributed by atoms with E-state index in [2.05, 4.69) is 36.5 Å². The maximum absolute atomic E-state index is 14.8. The summed E-state index contributed by atoms with van der Waals surface area (Å²) in [5.41, 5.74) is 8.27. The summed E-state index contributed by atoms with van der Waals surface area (Å²) in [6.07, 6.45) is 9.41. The van der Waals surface area contributed by atoms with Gasteiger partial charge in [0, 0.05) is 44.6 Å². The summed E-state index contributed by atoms with van der Waals surface area (Å²) in [6, 6.07) is -0.918. The lowest BCUT2D eigenvalue weighted by atomic mass is 9.89. The van der Waals surface area contributed by atoms with Crippen molar-refractivity contribution in [2.24, 2.45) is 11.8 Å². The number of halogens is 1. The Kier molecular flexibility index (Phi) is 13.8. The second kappa shape index (κ2) is 18.6. The van der Waals surface area contributed by atoms with Gasteiger partial charge >= 0.3 is 5.97 Å². The molecule has 0 saturated carbocycles. The van der Waals surface area contributed by atoms with Crippen molar-refractivity contribution in [3.05, 3.63) is 77.7 Å². The number of nitrogens with one attached hydrogen (secondary N) is 5. The predicted octanol–water partition coefficient (Wildman–Crippen LogP) is 2.14. The van der Waals surface area contributed by atoms with Gasteiger partial charge in [0.1, 0.15) is 30.4 Å². The van der Waals surface area contributed by atoms with Gasteiger partial charge in [0.05, 0.1) is 36.7 Å². The summed E-state index contributed by atoms with van der Waals surface area (Å²) in [5.74, 6) is -2.12. The van der Waals surface area contributed by atoms with E-state index >= 15 is 0 Å². The first-order chi connectivity index (χ1) is 25.9. The molecule has 0 unspecified atom stereocenters. The molecule has 5 rings (SSSR count). The largest absolute Gasteiger partial charge is 0.460 e. The molecule has 1 saturated heterocycles. The number of nitrogens with zero attached hydrogens (tertiary/aromatic N) is 4. The highest BCUT2D eigenvalue weighted by Crippen LogP contribution is 2.27. The molecule has 1 fully saturated rings. The first-order valence-electron chi connectivity index (χ1n) is 18.2. The highest BCUT2D eigenvalue weighted by molar-refractivity contribution is 5.95. The van der Waals surface area contributed by atoms with E-state index in [0.29, 0.717) is 25.0 Å². The fraction of sp³-hybridized carbons (Fsp3) is 0.514. The molecule has 54 heavy (non-hydrogen) atoms. The molecule has 3 aliphatic rings. The number of allylic oxidation sites excluding steroid dienone is 2. The van der Waals surface area contributed by atoms with E-state index in [1.54, 1.807) is 36.4 Å². The topological polar surface area (TPSA) is 207 Å². The molecular formula is C37H50FN9O7. The molecule has 5 atom stereocenters. The Balaban J connectivity index is 1.31. The van der Waals surface area contributed by atoms with Crippen molar-refractivity contribution in [3.63, 3.8) is 0 Å². The summed E-state index contributed by atoms with van der Waals surface area (Å²) >= 11 is 0. The zero-order chi connectivity index (χ0) is 38.8. The molecule has 0 aromatic carbocycles. The minimum Gasteiger partial charge on any atom is -0.460 e. The fourth-order valence-corrected chi connectivity index (χ4v) is 6.53. The number of oxazole rings is 1. The number of aliphatic hydroxyl groups is 1. The Morgan fingerprint density at radius 1 is 1.20 bits per heavy atom. The van der Waals surface area contributed by atoms with Gasteiger partial charge < -0.3 is 40.2 Å². The smallest absolute Gasteiger partial charge is 0.329 e. The number of ether oxygens (including phenoxy) is 1. The minimum absolute atomic E-state index is 0.00217. The maximum atomic E-state index is 14.8. The van der Waals surface area contributed by atoms with Gasteiger partial charge in [0.25, 0.3) is 5.91 Å². The third-order valence-electron chi connectivity index (χ3n) is 9.21. The molecule has 2 aromatic rings. The van der Waals surface area contributed by atoms with Gasteiger partial charge in [-0.1, -0.05) is 43.7 Å². The monoisotopic (exact) mass is 751 g/mol. The average molecular weight is 752 g/mol. The summed E-state index contributed by atoms with van der Waals surface area (Å²) in [7, 11) is 0. The highest BCUT2D eigenvalue weighted by Gasteiger charge is 2.39. The van der Waals surface area contributed by atoms with Crippen LogP contribution in [0.3, 0.4) is 0 Å². The van der Waals surface area contributed by atoms with Crippen LogP contribution < -0.4 is 21.6 Å². The standard InChI is InChI=1S/C37H50FN9O7/c1-22(2)35-25(16-33(50)40-12-14-46-20-29(44-45-46)28-19-41-24(4)42-28)9-10-32(49)39-11-5-7-23(3)15-27(48)17-26(38)18-34-43-30(21-53-34)36(51)47-13-6-8-31(47)37(52)54-35/h5,7,9-10,15,19-22,25-27,31,35,44-45,48H,6,8,11-14,16-18H2,1-4H3,(H,39,49)(H,40,50)(H,41,42)/b7-5+,10-9+,23-15+/t25-,26+,27+,31+,35+/m0/s1. The quantitative estimate of drug-likeness (QED) is 0.225. The Morgan fingerprint density at radius 2 is 2.02 bits per heavy atom. The van der Waals surface area contributed by atoms with E-state index < -0.39 is 48.1 Å². The number of aromatic amines is 1. The molecule has 3 amide bonds. The lowest BCUT2D eigenvalue weighted by Gasteiger charge is -2.31. The Hall–Kier alpha value is -5.29. The number of imidazole rings is 1. The van der Waals surface area contributed by atoms with Crippen molar-refractivity contribution >= 4 is 29.4 Å². The summed E-state index contributed by atoms with van der Waals surface area (Å²) in [5, 5.41) is 17.8. The minimum atomic E-state index is -1.50. The highest BCUT2D eigenvalue weighted by atomic mass is 19.1. The number of carbonyl (C=O) groups excluding carboxylic acids is 4. The molecule has 17 heteroatoms. The number of rotatable bonds is 7. The molecule has 6 N–H and O–H groups in total. The molecule has 3 aliphatic heterocycles. The van der Waals surface area contributed by atoms with Crippen molar-refractivity contribution in [2.75, 3.05) is 26.2 Å². The van der Waals surface area contributed by atoms with E-state index in [4.69, 9.17) is 9.15 Å². The van der Waals surface area contributed by atoms with Gasteiger partial charge in [-0.05, 0) is 38.7 Å². The number of aliphatic hydroxyl groups excluding tert-OH is 1. The molecule has 0 aliphatic carbocycles. The van der Waals surface area contributed by atoms with E-state index in [-0.39, 0.29) is 62.3 Å². The van der Waals surface area contributed by atoms with Crippen LogP contribution in [0.4, 0.5) is 4.39 Å². The van der Waals surface area contributed by atoms with Crippen molar-refractivity contribution in [2.45, 2.75) is 84.2 Å². The number of hydrogen-bond donors (Lipinski definition) is 6. The lowest BCUT2D eigenvalue weighted by Crippen LogP contribution is -2.45. The number of H-pyrrole nitrogens is 1. The van der Waals surface area contributed by atoms with Crippen molar-refractivity contribution in [1.82, 2.24) is 46.5 Å². The Morgan fingerprint density at radius 3 is 2.78 bits per heavy atom. The predicted molar refractivity (Wildman–Crippen MR) is 195 cm³/mol. The number of esters is 1. The number of hydrazine groups is 2. The van der Waals surface area contributed by atoms with Crippen LogP contribution in [0.1, 0.15) is 74.4 Å². The van der Waals surface area contributed by atoms with Gasteiger partial charge in [-0.15, -0.1) is 5.53 Å². The van der Waals surface area contributed by atoms with E-state index in [1.807, 2.05) is 27.0 Å². The normalized spacial score (nSPS) is 26.9. The van der Waals surface area contributed by atoms with Gasteiger partial charge in [0.2, 0.25) is 11.8 Å². The van der Waals surface area contributed by atoms with Crippen LogP contribution >= 0.6 is 0 Å². The molecule has 5 heterocycles. The van der Waals surface area contributed by atoms with Crippen LogP contribution in [-0.2, 0) is 25.5 Å². The number of hydrogen-bond acceptors (Lipinski definition) is 12. The van der Waals surface area contributed by atoms with E-state index in [1.165, 1.54) is 17.1 Å². The number of carbonyl (C=O) groups is 4. The Bertz CT molecular complexity index is 1770. The van der Waals surface area contributed by atoms with E-state index in [9.17, 15) is 28.7 Å². The van der Waals surface area contributed by atoms with Gasteiger partial charge in [-0.25, -0.2) is 19.2 Å². The molecule has 2 bridgehead atoms. The number of alkyl halides is 1. The molecule has 2 aromatic heterocycles. The molecule has 292 valence electrons. The van der Waals surface area contributed by atoms with Crippen molar-refractivity contribution in [3.8, 4) is 0 Å². The molecule has 0 radical (unpaired) electrons. The van der Waals surface area contributed by atoms with Gasteiger partial charge in [-0.3, -0.25) is 19.4 Å². The zero-order valence-corrected chi connectivity index (χ0v) is 31.0. The number of aryl methyl sites for hydroxylation is 1. The summed E-state index contributed by atoms with van der Waals surface area (Å²) < 4.78 is 26.3.